The molecule has 3 aromatic rings. The van der Waals surface area contributed by atoms with Crippen molar-refractivity contribution in [2.45, 2.75) is 50.6 Å². The third kappa shape index (κ3) is 3.63. The molecule has 0 radical (unpaired) electrons. The summed E-state index contributed by atoms with van der Waals surface area (Å²) in [6.07, 6.45) is 10.4. The minimum Gasteiger partial charge on any atom is -0.309 e. The topological polar surface area (TPSA) is 75.9 Å². The van der Waals surface area contributed by atoms with E-state index in [1.54, 1.807) is 12.3 Å². The number of hydrogen-bond acceptors (Lipinski definition) is 6. The smallest absolute Gasteiger partial charge is 0.266 e. The summed E-state index contributed by atoms with van der Waals surface area (Å²) >= 11 is 3.41. The van der Waals surface area contributed by atoms with E-state index in [1.165, 1.54) is 18.4 Å². The Hall–Kier alpha value is -2.32. The molecule has 0 spiro atoms. The van der Waals surface area contributed by atoms with Crippen LogP contribution in [0.25, 0.3) is 11.0 Å². The van der Waals surface area contributed by atoms with Gasteiger partial charge < -0.3 is 5.32 Å². The maximum Gasteiger partial charge on any atom is 0.266 e. The molecular formula is C22H25BrN6O. The summed E-state index contributed by atoms with van der Waals surface area (Å²) in [4.78, 5) is 28.9. The molecule has 4 heterocycles. The Morgan fingerprint density at radius 3 is 2.63 bits per heavy atom. The van der Waals surface area contributed by atoms with Crippen molar-refractivity contribution in [3.8, 4) is 0 Å². The van der Waals surface area contributed by atoms with Gasteiger partial charge in [-0.2, -0.15) is 4.98 Å². The number of nitrogens with zero attached hydrogens (tertiary/aromatic N) is 5. The van der Waals surface area contributed by atoms with E-state index in [4.69, 9.17) is 4.98 Å². The van der Waals surface area contributed by atoms with Crippen molar-refractivity contribution < 1.29 is 0 Å². The average Bonchev–Trinajstić information content (AvgIpc) is 3.42. The molecule has 1 aliphatic heterocycles. The highest BCUT2D eigenvalue weighted by Gasteiger charge is 2.23. The summed E-state index contributed by atoms with van der Waals surface area (Å²) in [5.41, 5.74) is 1.89. The molecule has 30 heavy (non-hydrogen) atoms. The first-order chi connectivity index (χ1) is 14.6. The Balaban J connectivity index is 1.45. The standard InChI is InChI=1S/C22H25BrN6O/c1-28-10-4-7-18(28)14-8-9-19(24-12-14)26-22-25-13-15-11-17(23)21(30)29(20(15)27-22)16-5-2-3-6-16/h8-9,11-13,16,18H,2-7,10H2,1H3,(H,24,25,26,27). The van der Waals surface area contributed by atoms with Crippen LogP contribution in [-0.4, -0.2) is 38.0 Å². The molecule has 1 unspecified atom stereocenters. The second kappa shape index (κ2) is 8.07. The first kappa shape index (κ1) is 19.6. The molecule has 1 saturated heterocycles. The second-order valence-corrected chi connectivity index (χ2v) is 9.17. The quantitative estimate of drug-likeness (QED) is 0.603. The number of aromatic nitrogens is 4. The lowest BCUT2D eigenvalue weighted by Crippen LogP contribution is -2.25. The molecule has 7 nitrogen and oxygen atoms in total. The zero-order chi connectivity index (χ0) is 20.7. The van der Waals surface area contributed by atoms with Crippen molar-refractivity contribution in [1.82, 2.24) is 24.4 Å². The molecular weight excluding hydrogens is 444 g/mol. The zero-order valence-electron chi connectivity index (χ0n) is 17.0. The summed E-state index contributed by atoms with van der Waals surface area (Å²) in [5.74, 6) is 1.15. The Kier molecular flexibility index (Phi) is 5.28. The van der Waals surface area contributed by atoms with Crippen LogP contribution < -0.4 is 10.9 Å². The van der Waals surface area contributed by atoms with Crippen LogP contribution in [0, 0.1) is 0 Å². The number of likely N-dealkylation sites (tertiary alicyclic amines) is 1. The van der Waals surface area contributed by atoms with Gasteiger partial charge in [-0.3, -0.25) is 14.3 Å². The van der Waals surface area contributed by atoms with E-state index in [2.05, 4.69) is 49.2 Å². The van der Waals surface area contributed by atoms with Gasteiger partial charge in [-0.05, 0) is 72.9 Å². The Labute approximate surface area is 183 Å². The van der Waals surface area contributed by atoms with E-state index in [0.717, 1.165) is 37.6 Å². The predicted molar refractivity (Wildman–Crippen MR) is 121 cm³/mol. The largest absolute Gasteiger partial charge is 0.309 e. The fourth-order valence-electron chi connectivity index (χ4n) is 4.77. The molecule has 1 saturated carbocycles. The van der Waals surface area contributed by atoms with Crippen LogP contribution in [0.2, 0.25) is 0 Å². The molecule has 1 atom stereocenters. The number of halogens is 1. The zero-order valence-corrected chi connectivity index (χ0v) is 18.6. The van der Waals surface area contributed by atoms with Crippen LogP contribution in [0.5, 0.6) is 0 Å². The fourth-order valence-corrected chi connectivity index (χ4v) is 5.21. The van der Waals surface area contributed by atoms with E-state index in [0.29, 0.717) is 27.9 Å². The minimum atomic E-state index is -0.0257. The molecule has 2 fully saturated rings. The van der Waals surface area contributed by atoms with Gasteiger partial charge in [0.15, 0.2) is 0 Å². The van der Waals surface area contributed by atoms with Crippen molar-refractivity contribution in [1.29, 1.82) is 0 Å². The second-order valence-electron chi connectivity index (χ2n) is 8.32. The molecule has 8 heteroatoms. The SMILES string of the molecule is CN1CCCC1c1ccc(Nc2ncc3cc(Br)c(=O)n(C4CCCC4)c3n2)nc1. The molecule has 156 valence electrons. The van der Waals surface area contributed by atoms with E-state index >= 15 is 0 Å². The number of fused-ring (bicyclic) bond motifs is 1. The Morgan fingerprint density at radius 2 is 1.93 bits per heavy atom. The molecule has 0 bridgehead atoms. The highest BCUT2D eigenvalue weighted by Crippen LogP contribution is 2.32. The molecule has 1 aliphatic carbocycles. The number of rotatable bonds is 4. The third-order valence-corrected chi connectivity index (χ3v) is 6.92. The van der Waals surface area contributed by atoms with Gasteiger partial charge in [-0.15, -0.1) is 0 Å². The van der Waals surface area contributed by atoms with Crippen LogP contribution in [-0.2, 0) is 0 Å². The van der Waals surface area contributed by atoms with Gasteiger partial charge in [-0.25, -0.2) is 9.97 Å². The summed E-state index contributed by atoms with van der Waals surface area (Å²) in [5, 5.41) is 4.06. The van der Waals surface area contributed by atoms with Crippen LogP contribution in [0.3, 0.4) is 0 Å². The minimum absolute atomic E-state index is 0.0257. The molecule has 1 N–H and O–H groups in total. The number of nitrogens with one attached hydrogen (secondary N) is 1. The Bertz CT molecular complexity index is 1120. The van der Waals surface area contributed by atoms with Crippen molar-refractivity contribution in [3.63, 3.8) is 0 Å². The summed E-state index contributed by atoms with van der Waals surface area (Å²) in [6.45, 7) is 1.13. The number of anilines is 2. The maximum absolute atomic E-state index is 12.8. The van der Waals surface area contributed by atoms with Crippen LogP contribution in [0.15, 0.2) is 39.9 Å². The highest BCUT2D eigenvalue weighted by molar-refractivity contribution is 9.10. The van der Waals surface area contributed by atoms with Crippen molar-refractivity contribution in [2.24, 2.45) is 0 Å². The lowest BCUT2D eigenvalue weighted by atomic mass is 10.1. The summed E-state index contributed by atoms with van der Waals surface area (Å²) in [6, 6.07) is 6.54. The van der Waals surface area contributed by atoms with Crippen LogP contribution >= 0.6 is 15.9 Å². The van der Waals surface area contributed by atoms with Gasteiger partial charge in [0.25, 0.3) is 5.56 Å². The van der Waals surface area contributed by atoms with E-state index in [1.807, 2.05) is 16.8 Å². The molecule has 5 rings (SSSR count). The first-order valence-electron chi connectivity index (χ1n) is 10.6. The van der Waals surface area contributed by atoms with Crippen LogP contribution in [0.4, 0.5) is 11.8 Å². The molecule has 3 aromatic heterocycles. The van der Waals surface area contributed by atoms with E-state index in [9.17, 15) is 4.79 Å². The van der Waals surface area contributed by atoms with E-state index in [-0.39, 0.29) is 11.6 Å². The van der Waals surface area contributed by atoms with Crippen molar-refractivity contribution in [3.05, 3.63) is 51.0 Å². The lowest BCUT2D eigenvalue weighted by molar-refractivity contribution is 0.317. The predicted octanol–water partition coefficient (Wildman–Crippen LogP) is 4.57. The molecule has 2 aliphatic rings. The van der Waals surface area contributed by atoms with Gasteiger partial charge in [0, 0.05) is 29.9 Å². The normalized spacial score (nSPS) is 20.3. The summed E-state index contributed by atoms with van der Waals surface area (Å²) in [7, 11) is 2.16. The van der Waals surface area contributed by atoms with Gasteiger partial charge in [-0.1, -0.05) is 18.9 Å². The Morgan fingerprint density at radius 1 is 1.10 bits per heavy atom. The average molecular weight is 469 g/mol. The molecule has 0 amide bonds. The first-order valence-corrected chi connectivity index (χ1v) is 11.4. The molecule has 0 aromatic carbocycles. The summed E-state index contributed by atoms with van der Waals surface area (Å²) < 4.78 is 2.39. The van der Waals surface area contributed by atoms with Crippen LogP contribution in [0.1, 0.15) is 56.2 Å². The van der Waals surface area contributed by atoms with Gasteiger partial charge in [0.05, 0.1) is 4.47 Å². The van der Waals surface area contributed by atoms with Crippen molar-refractivity contribution in [2.75, 3.05) is 18.9 Å². The lowest BCUT2D eigenvalue weighted by Gasteiger charge is -2.19. The highest BCUT2D eigenvalue weighted by atomic mass is 79.9. The number of hydrogen-bond donors (Lipinski definition) is 1. The van der Waals surface area contributed by atoms with Crippen molar-refractivity contribution >= 4 is 38.7 Å². The third-order valence-electron chi connectivity index (χ3n) is 6.35. The maximum atomic E-state index is 12.8. The number of pyridine rings is 2. The monoisotopic (exact) mass is 468 g/mol. The van der Waals surface area contributed by atoms with Gasteiger partial charge in [0.2, 0.25) is 5.95 Å². The van der Waals surface area contributed by atoms with E-state index < -0.39 is 0 Å². The van der Waals surface area contributed by atoms with Gasteiger partial charge in [0.1, 0.15) is 11.5 Å². The fraction of sp³-hybridized carbons (Fsp3) is 0.455. The van der Waals surface area contributed by atoms with Gasteiger partial charge >= 0.3 is 0 Å².